The molecular formula is C69H48N2S. The lowest BCUT2D eigenvalue weighted by molar-refractivity contribution is 0.660. The van der Waals surface area contributed by atoms with Crippen LogP contribution in [0.25, 0.3) is 103 Å². The molecule has 0 atom stereocenters. The molecule has 2 nitrogen and oxygen atoms in total. The van der Waals surface area contributed by atoms with Crippen LogP contribution in [0.2, 0.25) is 0 Å². The molecule has 0 saturated carbocycles. The van der Waals surface area contributed by atoms with E-state index in [4.69, 9.17) is 0 Å². The summed E-state index contributed by atoms with van der Waals surface area (Å²) in [6, 6.07) is 93.9. The summed E-state index contributed by atoms with van der Waals surface area (Å²) in [6.07, 6.45) is 0. The van der Waals surface area contributed by atoms with E-state index < -0.39 is 0 Å². The van der Waals surface area contributed by atoms with Crippen molar-refractivity contribution in [3.8, 4) is 61.3 Å². The zero-order valence-corrected chi connectivity index (χ0v) is 40.9. The van der Waals surface area contributed by atoms with Crippen molar-refractivity contribution < 1.29 is 0 Å². The molecule has 3 heteroatoms. The van der Waals surface area contributed by atoms with E-state index in [1.807, 2.05) is 11.3 Å². The van der Waals surface area contributed by atoms with Crippen LogP contribution in [0.4, 0.5) is 17.1 Å². The van der Waals surface area contributed by atoms with Gasteiger partial charge in [-0.05, 0) is 146 Å². The quantitative estimate of drug-likeness (QED) is 0.147. The van der Waals surface area contributed by atoms with E-state index in [1.54, 1.807) is 0 Å². The van der Waals surface area contributed by atoms with Gasteiger partial charge in [0.15, 0.2) is 0 Å². The van der Waals surface area contributed by atoms with E-state index in [1.165, 1.54) is 109 Å². The lowest BCUT2D eigenvalue weighted by Crippen LogP contribution is -2.16. The second-order valence-corrected chi connectivity index (χ2v) is 20.7. The minimum absolute atomic E-state index is 0.244. The monoisotopic (exact) mass is 936 g/mol. The Hall–Kier alpha value is -8.76. The Morgan fingerprint density at radius 3 is 1.42 bits per heavy atom. The fourth-order valence-electron chi connectivity index (χ4n) is 11.5. The van der Waals surface area contributed by atoms with Crippen molar-refractivity contribution in [2.45, 2.75) is 19.3 Å². The minimum Gasteiger partial charge on any atom is -0.310 e. The average molecular weight is 937 g/mol. The lowest BCUT2D eigenvalue weighted by Gasteiger charge is -2.28. The van der Waals surface area contributed by atoms with E-state index in [9.17, 15) is 0 Å². The SMILES string of the molecule is CC1(C)c2cc(-c3ccc4c(c3)c3c5sc6ccccc6c5ccc3n4-c3ccc(-c4ccccc4)cc3)ccc2-c2ccc(N(c3ccc(-c4ccccc4)cc3)c3ccc(-c4ccccc4)cc3)cc21. The van der Waals surface area contributed by atoms with Gasteiger partial charge in [0, 0.05) is 59.1 Å². The van der Waals surface area contributed by atoms with E-state index in [0.717, 1.165) is 22.7 Å². The van der Waals surface area contributed by atoms with Gasteiger partial charge in [-0.15, -0.1) is 11.3 Å². The highest BCUT2D eigenvalue weighted by atomic mass is 32.1. The van der Waals surface area contributed by atoms with Gasteiger partial charge in [-0.1, -0.05) is 190 Å². The second kappa shape index (κ2) is 16.7. The summed E-state index contributed by atoms with van der Waals surface area (Å²) in [5, 5.41) is 5.22. The Morgan fingerprint density at radius 2 is 0.806 bits per heavy atom. The van der Waals surface area contributed by atoms with Gasteiger partial charge in [-0.3, -0.25) is 0 Å². The van der Waals surface area contributed by atoms with E-state index in [-0.39, 0.29) is 5.41 Å². The average Bonchev–Trinajstić information content (AvgIpc) is 4.07. The predicted molar refractivity (Wildman–Crippen MR) is 308 cm³/mol. The van der Waals surface area contributed by atoms with Crippen LogP contribution in [-0.2, 0) is 5.41 Å². The second-order valence-electron chi connectivity index (χ2n) is 19.7. The summed E-state index contributed by atoms with van der Waals surface area (Å²) < 4.78 is 5.12. The van der Waals surface area contributed by atoms with Gasteiger partial charge in [0.25, 0.3) is 0 Å². The molecular weight excluding hydrogens is 889 g/mol. The summed E-state index contributed by atoms with van der Waals surface area (Å²) in [5.74, 6) is 0. The first kappa shape index (κ1) is 42.1. The molecule has 0 fully saturated rings. The Bertz CT molecular complexity index is 4100. The molecule has 1 aliphatic carbocycles. The van der Waals surface area contributed by atoms with Crippen molar-refractivity contribution in [3.05, 3.63) is 266 Å². The Kier molecular flexibility index (Phi) is 9.77. The van der Waals surface area contributed by atoms with Crippen LogP contribution >= 0.6 is 11.3 Å². The lowest BCUT2D eigenvalue weighted by atomic mass is 9.81. The fraction of sp³-hybridized carbons (Fsp3) is 0.0435. The van der Waals surface area contributed by atoms with Gasteiger partial charge in [-0.2, -0.15) is 0 Å². The van der Waals surface area contributed by atoms with Gasteiger partial charge in [0.1, 0.15) is 0 Å². The number of benzene rings is 11. The van der Waals surface area contributed by atoms with Crippen LogP contribution in [0, 0.1) is 0 Å². The van der Waals surface area contributed by atoms with E-state index in [0.29, 0.717) is 0 Å². The molecule has 0 bridgehead atoms. The standard InChI is InChI=1S/C69H48N2S/c1-69(2)62-43-52(51-29-40-64-61(42-51)67-65(41-39-60-59-20-12-13-21-66(59)72-68(60)67)71(64)55-34-26-50(27-35-55)47-18-10-5-11-19-47)28-37-57(62)58-38-36-56(44-63(58)69)70(53-30-22-48(23-31-53)45-14-6-3-7-15-45)54-32-24-49(25-33-54)46-16-8-4-9-17-46/h3-44H,1-2H3. The summed E-state index contributed by atoms with van der Waals surface area (Å²) in [6.45, 7) is 4.80. The highest BCUT2D eigenvalue weighted by Gasteiger charge is 2.36. The number of hydrogen-bond acceptors (Lipinski definition) is 2. The Balaban J connectivity index is 0.866. The smallest absolute Gasteiger partial charge is 0.0555 e. The van der Waals surface area contributed by atoms with Crippen molar-refractivity contribution >= 4 is 70.4 Å². The summed E-state index contributed by atoms with van der Waals surface area (Å²) in [7, 11) is 0. The molecule has 2 aromatic heterocycles. The number of hydrogen-bond donors (Lipinski definition) is 0. The van der Waals surface area contributed by atoms with Crippen molar-refractivity contribution in [1.29, 1.82) is 0 Å². The van der Waals surface area contributed by atoms with Crippen LogP contribution in [0.3, 0.4) is 0 Å². The highest BCUT2D eigenvalue weighted by molar-refractivity contribution is 7.26. The Labute approximate surface area is 424 Å². The molecule has 340 valence electrons. The van der Waals surface area contributed by atoms with E-state index in [2.05, 4.69) is 278 Å². The molecule has 2 heterocycles. The molecule has 14 rings (SSSR count). The molecule has 11 aromatic carbocycles. The summed E-state index contributed by atoms with van der Waals surface area (Å²) >= 11 is 1.91. The summed E-state index contributed by atoms with van der Waals surface area (Å²) in [5.41, 5.74) is 21.7. The first-order valence-corrected chi connectivity index (χ1v) is 25.7. The van der Waals surface area contributed by atoms with Gasteiger partial charge in [-0.25, -0.2) is 0 Å². The molecule has 0 unspecified atom stereocenters. The molecule has 0 aliphatic heterocycles. The number of rotatable bonds is 8. The first-order chi connectivity index (χ1) is 35.4. The largest absolute Gasteiger partial charge is 0.310 e. The van der Waals surface area contributed by atoms with Gasteiger partial charge >= 0.3 is 0 Å². The third kappa shape index (κ3) is 6.84. The maximum atomic E-state index is 2.47. The number of nitrogens with zero attached hydrogens (tertiary/aromatic N) is 2. The van der Waals surface area contributed by atoms with Crippen LogP contribution in [0.1, 0.15) is 25.0 Å². The third-order valence-electron chi connectivity index (χ3n) is 15.2. The van der Waals surface area contributed by atoms with Crippen molar-refractivity contribution in [1.82, 2.24) is 4.57 Å². The predicted octanol–water partition coefficient (Wildman–Crippen LogP) is 19.6. The molecule has 0 N–H and O–H groups in total. The molecule has 0 spiro atoms. The number of aromatic nitrogens is 1. The Morgan fingerprint density at radius 1 is 0.347 bits per heavy atom. The van der Waals surface area contributed by atoms with Gasteiger partial charge < -0.3 is 9.47 Å². The highest BCUT2D eigenvalue weighted by Crippen LogP contribution is 2.52. The number of anilines is 3. The topological polar surface area (TPSA) is 8.17 Å². The maximum absolute atomic E-state index is 2.47. The van der Waals surface area contributed by atoms with Crippen molar-refractivity contribution in [2.75, 3.05) is 4.90 Å². The van der Waals surface area contributed by atoms with Gasteiger partial charge in [0.05, 0.1) is 11.0 Å². The third-order valence-corrected chi connectivity index (χ3v) is 16.4. The normalized spacial score (nSPS) is 12.7. The minimum atomic E-state index is -0.244. The molecule has 0 radical (unpaired) electrons. The zero-order valence-electron chi connectivity index (χ0n) is 40.1. The zero-order chi connectivity index (χ0) is 47.9. The molecule has 72 heavy (non-hydrogen) atoms. The van der Waals surface area contributed by atoms with Crippen LogP contribution in [0.5, 0.6) is 0 Å². The molecule has 0 saturated heterocycles. The molecule has 13 aromatic rings. The first-order valence-electron chi connectivity index (χ1n) is 24.9. The van der Waals surface area contributed by atoms with Gasteiger partial charge in [0.2, 0.25) is 0 Å². The van der Waals surface area contributed by atoms with Crippen molar-refractivity contribution in [3.63, 3.8) is 0 Å². The van der Waals surface area contributed by atoms with E-state index >= 15 is 0 Å². The van der Waals surface area contributed by atoms with Crippen LogP contribution in [-0.4, -0.2) is 4.57 Å². The van der Waals surface area contributed by atoms with Crippen LogP contribution < -0.4 is 4.90 Å². The number of fused-ring (bicyclic) bond motifs is 10. The van der Waals surface area contributed by atoms with Crippen LogP contribution in [0.15, 0.2) is 255 Å². The maximum Gasteiger partial charge on any atom is 0.0555 e. The summed E-state index contributed by atoms with van der Waals surface area (Å²) in [4.78, 5) is 2.41. The molecule has 0 amide bonds. The fourth-order valence-corrected chi connectivity index (χ4v) is 12.8. The molecule has 1 aliphatic rings. The van der Waals surface area contributed by atoms with Crippen molar-refractivity contribution in [2.24, 2.45) is 0 Å². The number of thiophene rings is 1.